The summed E-state index contributed by atoms with van der Waals surface area (Å²) in [7, 11) is 0. The average Bonchev–Trinajstić information content (AvgIpc) is 3.15. The highest BCUT2D eigenvalue weighted by Gasteiger charge is 2.41. The number of aliphatic imine (C=N–C) groups is 2. The van der Waals surface area contributed by atoms with Crippen molar-refractivity contribution in [1.82, 2.24) is 4.90 Å². The topological polar surface area (TPSA) is 74.1 Å². The van der Waals surface area contributed by atoms with Crippen LogP contribution < -0.4 is 5.32 Å². The van der Waals surface area contributed by atoms with Crippen LogP contribution in [0.2, 0.25) is 0 Å². The molecule has 3 aromatic rings. The van der Waals surface area contributed by atoms with E-state index in [-0.39, 0.29) is 17.6 Å². The normalized spacial score (nSPS) is 16.7. The molecule has 0 spiro atoms. The molecule has 2 heterocycles. The fraction of sp³-hybridized carbons (Fsp3) is 0.120. The van der Waals surface area contributed by atoms with Gasteiger partial charge in [0.25, 0.3) is 5.91 Å². The quantitative estimate of drug-likeness (QED) is 0.643. The molecule has 2 aliphatic rings. The Morgan fingerprint density at radius 2 is 1.59 bits per heavy atom. The second-order valence-electron chi connectivity index (χ2n) is 7.46. The molecule has 3 aromatic carbocycles. The van der Waals surface area contributed by atoms with E-state index in [0.717, 1.165) is 22.5 Å². The first kappa shape index (κ1) is 20.2. The van der Waals surface area contributed by atoms with E-state index in [2.05, 4.69) is 10.3 Å². The van der Waals surface area contributed by atoms with Gasteiger partial charge < -0.3 is 5.32 Å². The van der Waals surface area contributed by atoms with Crippen molar-refractivity contribution in [1.29, 1.82) is 0 Å². The number of nitrogens with zero attached hydrogens (tertiary/aromatic N) is 3. The molecule has 2 amide bonds. The molecule has 0 fully saturated rings. The summed E-state index contributed by atoms with van der Waals surface area (Å²) < 4.78 is 0. The largest absolute Gasteiger partial charge is 0.325 e. The number of rotatable bonds is 5. The van der Waals surface area contributed by atoms with Crippen molar-refractivity contribution in [3.8, 4) is 0 Å². The fourth-order valence-corrected chi connectivity index (χ4v) is 4.64. The van der Waals surface area contributed by atoms with Crippen molar-refractivity contribution >= 4 is 46.0 Å². The van der Waals surface area contributed by atoms with Crippen LogP contribution >= 0.6 is 11.8 Å². The first-order valence-corrected chi connectivity index (χ1v) is 11.3. The van der Waals surface area contributed by atoms with Gasteiger partial charge in [-0.1, -0.05) is 72.4 Å². The van der Waals surface area contributed by atoms with Gasteiger partial charge in [-0.05, 0) is 29.8 Å². The maximum absolute atomic E-state index is 12.9. The molecule has 0 saturated heterocycles. The maximum atomic E-state index is 12.9. The van der Waals surface area contributed by atoms with Crippen molar-refractivity contribution in [2.45, 2.75) is 12.5 Å². The summed E-state index contributed by atoms with van der Waals surface area (Å²) in [6.45, 7) is 0. The van der Waals surface area contributed by atoms with Gasteiger partial charge in [0.15, 0.2) is 5.17 Å². The SMILES string of the molecule is O=C(CSC1=Nc2ccccc2C2=NC(=O)C(Cc3ccccc3)N12)Nc1ccccc1. The fourth-order valence-electron chi connectivity index (χ4n) is 3.79. The van der Waals surface area contributed by atoms with Crippen LogP contribution in [0.1, 0.15) is 11.1 Å². The predicted octanol–water partition coefficient (Wildman–Crippen LogP) is 4.26. The third-order valence-corrected chi connectivity index (χ3v) is 6.22. The standard InChI is InChI=1S/C25H20N4O2S/c30-22(26-18-11-5-2-6-12-18)16-32-25-27-20-14-8-7-13-19(20)23-28-24(31)21(29(23)25)15-17-9-3-1-4-10-17/h1-14,21H,15-16H2,(H,26,30). The minimum absolute atomic E-state index is 0.133. The van der Waals surface area contributed by atoms with Gasteiger partial charge in [0, 0.05) is 17.7 Å². The Hall–Kier alpha value is -3.71. The summed E-state index contributed by atoms with van der Waals surface area (Å²) in [6, 6.07) is 26.4. The summed E-state index contributed by atoms with van der Waals surface area (Å²) in [5, 5.41) is 3.50. The van der Waals surface area contributed by atoms with Crippen LogP contribution in [0.4, 0.5) is 11.4 Å². The third kappa shape index (κ3) is 4.07. The lowest BCUT2D eigenvalue weighted by atomic mass is 10.0. The van der Waals surface area contributed by atoms with Gasteiger partial charge in [-0.2, -0.15) is 4.99 Å². The van der Waals surface area contributed by atoms with Crippen molar-refractivity contribution in [2.24, 2.45) is 9.98 Å². The van der Waals surface area contributed by atoms with Gasteiger partial charge in [0.2, 0.25) is 5.91 Å². The zero-order valence-corrected chi connectivity index (χ0v) is 18.0. The van der Waals surface area contributed by atoms with E-state index >= 15 is 0 Å². The van der Waals surface area contributed by atoms with Gasteiger partial charge in [-0.15, -0.1) is 0 Å². The summed E-state index contributed by atoms with van der Waals surface area (Å²) in [6.07, 6.45) is 0.518. The molecule has 7 heteroatoms. The van der Waals surface area contributed by atoms with Crippen LogP contribution in [0, 0.1) is 0 Å². The molecule has 5 rings (SSSR count). The van der Waals surface area contributed by atoms with Crippen LogP contribution in [0.3, 0.4) is 0 Å². The Balaban J connectivity index is 1.40. The number of amides is 2. The van der Waals surface area contributed by atoms with E-state index < -0.39 is 6.04 Å². The first-order chi connectivity index (χ1) is 15.7. The minimum atomic E-state index is -0.482. The average molecular weight is 441 g/mol. The second-order valence-corrected chi connectivity index (χ2v) is 8.41. The lowest BCUT2D eigenvalue weighted by Crippen LogP contribution is -2.45. The molecule has 2 aliphatic heterocycles. The number of hydrogen-bond donors (Lipinski definition) is 1. The van der Waals surface area contributed by atoms with Crippen LogP contribution in [0.25, 0.3) is 0 Å². The molecule has 0 radical (unpaired) electrons. The lowest BCUT2D eigenvalue weighted by molar-refractivity contribution is -0.119. The van der Waals surface area contributed by atoms with Gasteiger partial charge in [0.1, 0.15) is 11.9 Å². The Morgan fingerprint density at radius 3 is 2.38 bits per heavy atom. The number of benzene rings is 3. The molecule has 0 saturated carbocycles. The van der Waals surface area contributed by atoms with Gasteiger partial charge in [0.05, 0.1) is 11.4 Å². The smallest absolute Gasteiger partial charge is 0.271 e. The van der Waals surface area contributed by atoms with E-state index in [0.29, 0.717) is 17.4 Å². The summed E-state index contributed by atoms with van der Waals surface area (Å²) in [5.74, 6) is 0.452. The van der Waals surface area contributed by atoms with Crippen LogP contribution in [-0.2, 0) is 16.0 Å². The zero-order chi connectivity index (χ0) is 21.9. The van der Waals surface area contributed by atoms with Crippen LogP contribution in [-0.4, -0.2) is 39.5 Å². The van der Waals surface area contributed by atoms with E-state index in [9.17, 15) is 9.59 Å². The van der Waals surface area contributed by atoms with E-state index in [1.807, 2.05) is 89.8 Å². The van der Waals surface area contributed by atoms with E-state index in [1.54, 1.807) is 0 Å². The number of fused-ring (bicyclic) bond motifs is 3. The number of carbonyl (C=O) groups excluding carboxylic acids is 2. The Labute approximate surface area is 190 Å². The molecule has 1 unspecified atom stereocenters. The molecule has 158 valence electrons. The zero-order valence-electron chi connectivity index (χ0n) is 17.1. The Kier molecular flexibility index (Phi) is 5.56. The molecular weight excluding hydrogens is 420 g/mol. The molecule has 1 atom stereocenters. The predicted molar refractivity (Wildman–Crippen MR) is 128 cm³/mol. The summed E-state index contributed by atoms with van der Waals surface area (Å²) in [5.41, 5.74) is 3.37. The first-order valence-electron chi connectivity index (χ1n) is 10.3. The number of anilines is 1. The number of carbonyl (C=O) groups is 2. The van der Waals surface area contributed by atoms with Crippen molar-refractivity contribution < 1.29 is 9.59 Å². The number of nitrogens with one attached hydrogen (secondary N) is 1. The second kappa shape index (κ2) is 8.80. The molecule has 0 aromatic heterocycles. The highest BCUT2D eigenvalue weighted by atomic mass is 32.2. The molecule has 32 heavy (non-hydrogen) atoms. The van der Waals surface area contributed by atoms with Crippen LogP contribution in [0.15, 0.2) is 94.9 Å². The lowest BCUT2D eigenvalue weighted by Gasteiger charge is -2.31. The van der Waals surface area contributed by atoms with Crippen molar-refractivity contribution in [3.05, 3.63) is 96.1 Å². The summed E-state index contributed by atoms with van der Waals surface area (Å²) in [4.78, 5) is 36.5. The molecule has 1 N–H and O–H groups in total. The third-order valence-electron chi connectivity index (χ3n) is 5.27. The molecule has 0 aliphatic carbocycles. The number of amidine groups is 2. The van der Waals surface area contributed by atoms with Crippen molar-refractivity contribution in [2.75, 3.05) is 11.1 Å². The Morgan fingerprint density at radius 1 is 0.906 bits per heavy atom. The molecular formula is C25H20N4O2S. The highest BCUT2D eigenvalue weighted by molar-refractivity contribution is 8.14. The van der Waals surface area contributed by atoms with Crippen molar-refractivity contribution in [3.63, 3.8) is 0 Å². The minimum Gasteiger partial charge on any atom is -0.325 e. The monoisotopic (exact) mass is 440 g/mol. The summed E-state index contributed by atoms with van der Waals surface area (Å²) >= 11 is 1.31. The number of para-hydroxylation sites is 2. The molecule has 0 bridgehead atoms. The van der Waals surface area contributed by atoms with E-state index in [1.165, 1.54) is 11.8 Å². The van der Waals surface area contributed by atoms with Crippen LogP contribution in [0.5, 0.6) is 0 Å². The van der Waals surface area contributed by atoms with E-state index in [4.69, 9.17) is 4.99 Å². The number of thioether (sulfide) groups is 1. The van der Waals surface area contributed by atoms with Gasteiger partial charge in [-0.25, -0.2) is 4.99 Å². The maximum Gasteiger partial charge on any atom is 0.271 e. The van der Waals surface area contributed by atoms with Gasteiger partial charge >= 0.3 is 0 Å². The highest BCUT2D eigenvalue weighted by Crippen LogP contribution is 2.35. The molecule has 6 nitrogen and oxygen atoms in total. The van der Waals surface area contributed by atoms with Gasteiger partial charge in [-0.3, -0.25) is 14.5 Å². The number of hydrogen-bond acceptors (Lipinski definition) is 5. The Bertz CT molecular complexity index is 1220.